The van der Waals surface area contributed by atoms with Crippen LogP contribution in [0.4, 0.5) is 11.5 Å². The zero-order chi connectivity index (χ0) is 9.84. The molecule has 0 radical (unpaired) electrons. The fourth-order valence-electron chi connectivity index (χ4n) is 0.979. The number of aryl methyl sites for hydroxylation is 1. The minimum absolute atomic E-state index is 0.0240. The van der Waals surface area contributed by atoms with Crippen LogP contribution in [0.25, 0.3) is 0 Å². The van der Waals surface area contributed by atoms with Gasteiger partial charge in [0.15, 0.2) is 0 Å². The lowest BCUT2D eigenvalue weighted by molar-refractivity contribution is -0.384. The van der Waals surface area contributed by atoms with E-state index in [2.05, 4.69) is 10.4 Å². The van der Waals surface area contributed by atoms with Crippen LogP contribution in [-0.2, 0) is 7.05 Å². The molecule has 13 heavy (non-hydrogen) atoms. The van der Waals surface area contributed by atoms with Crippen molar-refractivity contribution in [1.82, 2.24) is 9.78 Å². The molecule has 1 aromatic rings. The summed E-state index contributed by atoms with van der Waals surface area (Å²) in [6.07, 6.45) is 2.30. The van der Waals surface area contributed by atoms with E-state index in [9.17, 15) is 10.1 Å². The van der Waals surface area contributed by atoms with E-state index in [1.54, 1.807) is 7.05 Å². The van der Waals surface area contributed by atoms with Gasteiger partial charge in [-0.1, -0.05) is 6.92 Å². The summed E-state index contributed by atoms with van der Waals surface area (Å²) in [7, 11) is 1.66. The Morgan fingerprint density at radius 2 is 2.46 bits per heavy atom. The Hall–Kier alpha value is -1.59. The molecule has 0 aromatic carbocycles. The molecule has 0 aliphatic heterocycles. The fourth-order valence-corrected chi connectivity index (χ4v) is 0.979. The number of aromatic nitrogens is 2. The maximum atomic E-state index is 10.5. The second-order valence-electron chi connectivity index (χ2n) is 2.72. The van der Waals surface area contributed by atoms with Crippen LogP contribution >= 0.6 is 0 Å². The number of nitrogens with one attached hydrogen (secondary N) is 1. The summed E-state index contributed by atoms with van der Waals surface area (Å²) < 4.78 is 1.43. The predicted octanol–water partition coefficient (Wildman–Crippen LogP) is 1.15. The first-order chi connectivity index (χ1) is 6.15. The first kappa shape index (κ1) is 9.50. The molecule has 72 valence electrons. The van der Waals surface area contributed by atoms with Gasteiger partial charge in [0.1, 0.15) is 6.20 Å². The Kier molecular flexibility index (Phi) is 2.84. The van der Waals surface area contributed by atoms with Gasteiger partial charge in [-0.25, -0.2) is 0 Å². The molecule has 0 aliphatic carbocycles. The van der Waals surface area contributed by atoms with Crippen molar-refractivity contribution in [2.75, 3.05) is 11.9 Å². The normalized spacial score (nSPS) is 10.0. The van der Waals surface area contributed by atoms with E-state index in [1.165, 1.54) is 10.9 Å². The largest absolute Gasteiger partial charge is 0.363 e. The van der Waals surface area contributed by atoms with E-state index < -0.39 is 4.92 Å². The number of rotatable bonds is 4. The average molecular weight is 184 g/mol. The SMILES string of the molecule is CCCNc1nn(C)cc1[N+](=O)[O-]. The molecule has 0 fully saturated rings. The molecule has 0 aliphatic rings. The highest BCUT2D eigenvalue weighted by atomic mass is 16.6. The molecule has 6 nitrogen and oxygen atoms in total. The third-order valence-corrected chi connectivity index (χ3v) is 1.55. The maximum Gasteiger partial charge on any atom is 0.330 e. The Morgan fingerprint density at radius 3 is 3.00 bits per heavy atom. The second kappa shape index (κ2) is 3.88. The van der Waals surface area contributed by atoms with E-state index in [0.29, 0.717) is 12.4 Å². The van der Waals surface area contributed by atoms with Crippen LogP contribution in [0.5, 0.6) is 0 Å². The molecule has 0 saturated carbocycles. The number of anilines is 1. The highest BCUT2D eigenvalue weighted by Gasteiger charge is 2.17. The molecule has 1 N–H and O–H groups in total. The van der Waals surface area contributed by atoms with Crippen molar-refractivity contribution >= 4 is 11.5 Å². The molecule has 0 amide bonds. The van der Waals surface area contributed by atoms with Gasteiger partial charge in [-0.2, -0.15) is 0 Å². The topological polar surface area (TPSA) is 73.0 Å². The second-order valence-corrected chi connectivity index (χ2v) is 2.72. The van der Waals surface area contributed by atoms with Gasteiger partial charge < -0.3 is 5.32 Å². The van der Waals surface area contributed by atoms with Crippen molar-refractivity contribution in [3.05, 3.63) is 16.3 Å². The Labute approximate surface area is 75.7 Å². The molecule has 0 atom stereocenters. The molecule has 6 heteroatoms. The lowest BCUT2D eigenvalue weighted by Crippen LogP contribution is -2.02. The van der Waals surface area contributed by atoms with Gasteiger partial charge >= 0.3 is 5.69 Å². The summed E-state index contributed by atoms with van der Waals surface area (Å²) in [5, 5.41) is 17.3. The van der Waals surface area contributed by atoms with Crippen LogP contribution in [0.3, 0.4) is 0 Å². The first-order valence-electron chi connectivity index (χ1n) is 4.07. The van der Waals surface area contributed by atoms with Crippen LogP contribution < -0.4 is 5.32 Å². The smallest absolute Gasteiger partial charge is 0.330 e. The molecular weight excluding hydrogens is 172 g/mol. The quantitative estimate of drug-likeness (QED) is 0.562. The van der Waals surface area contributed by atoms with Crippen LogP contribution in [-0.4, -0.2) is 21.2 Å². The highest BCUT2D eigenvalue weighted by Crippen LogP contribution is 2.20. The van der Waals surface area contributed by atoms with Gasteiger partial charge in [0.25, 0.3) is 0 Å². The lowest BCUT2D eigenvalue weighted by atomic mass is 10.4. The summed E-state index contributed by atoms with van der Waals surface area (Å²) in [6.45, 7) is 2.68. The van der Waals surface area contributed by atoms with Crippen molar-refractivity contribution in [2.45, 2.75) is 13.3 Å². The number of hydrogen-bond acceptors (Lipinski definition) is 4. The number of hydrogen-bond donors (Lipinski definition) is 1. The molecule has 0 bridgehead atoms. The van der Waals surface area contributed by atoms with Gasteiger partial charge in [-0.15, -0.1) is 5.10 Å². The van der Waals surface area contributed by atoms with E-state index in [-0.39, 0.29) is 5.69 Å². The molecule has 0 saturated heterocycles. The van der Waals surface area contributed by atoms with E-state index in [4.69, 9.17) is 0 Å². The standard InChI is InChI=1S/C7H12N4O2/c1-3-4-8-7-6(11(12)13)5-10(2)9-7/h5H,3-4H2,1-2H3,(H,8,9). The summed E-state index contributed by atoms with van der Waals surface area (Å²) in [5.41, 5.74) is 0.0240. The van der Waals surface area contributed by atoms with Gasteiger partial charge in [0.05, 0.1) is 4.92 Å². The minimum Gasteiger partial charge on any atom is -0.363 e. The molecule has 0 spiro atoms. The highest BCUT2D eigenvalue weighted by molar-refractivity contribution is 5.54. The van der Waals surface area contributed by atoms with Crippen molar-refractivity contribution in [3.8, 4) is 0 Å². The zero-order valence-electron chi connectivity index (χ0n) is 7.65. The van der Waals surface area contributed by atoms with E-state index in [0.717, 1.165) is 6.42 Å². The van der Waals surface area contributed by atoms with Crippen molar-refractivity contribution in [1.29, 1.82) is 0 Å². The lowest BCUT2D eigenvalue weighted by Gasteiger charge is -1.97. The van der Waals surface area contributed by atoms with Gasteiger partial charge in [0.2, 0.25) is 5.82 Å². The maximum absolute atomic E-state index is 10.5. The van der Waals surface area contributed by atoms with Crippen molar-refractivity contribution in [2.24, 2.45) is 7.05 Å². The summed E-state index contributed by atoms with van der Waals surface area (Å²) in [6, 6.07) is 0. The summed E-state index contributed by atoms with van der Waals surface area (Å²) >= 11 is 0. The zero-order valence-corrected chi connectivity index (χ0v) is 7.65. The Balaban J connectivity index is 2.84. The Bertz CT molecular complexity index is 307. The van der Waals surface area contributed by atoms with Crippen LogP contribution in [0, 0.1) is 10.1 Å². The van der Waals surface area contributed by atoms with Gasteiger partial charge in [0, 0.05) is 13.6 Å². The van der Waals surface area contributed by atoms with Gasteiger partial charge in [-0.05, 0) is 6.42 Å². The summed E-state index contributed by atoms with van der Waals surface area (Å²) in [4.78, 5) is 10.1. The van der Waals surface area contributed by atoms with E-state index >= 15 is 0 Å². The van der Waals surface area contributed by atoms with Crippen LogP contribution in [0.2, 0.25) is 0 Å². The number of nitrogens with zero attached hydrogens (tertiary/aromatic N) is 3. The monoisotopic (exact) mass is 184 g/mol. The Morgan fingerprint density at radius 1 is 1.77 bits per heavy atom. The molecule has 0 unspecified atom stereocenters. The van der Waals surface area contributed by atoms with Crippen molar-refractivity contribution < 1.29 is 4.92 Å². The minimum atomic E-state index is -0.439. The average Bonchev–Trinajstić information content (AvgIpc) is 2.43. The molecule has 1 rings (SSSR count). The first-order valence-corrected chi connectivity index (χ1v) is 4.07. The third kappa shape index (κ3) is 2.17. The molecular formula is C7H12N4O2. The molecule has 1 aromatic heterocycles. The van der Waals surface area contributed by atoms with Gasteiger partial charge in [-0.3, -0.25) is 14.8 Å². The third-order valence-electron chi connectivity index (χ3n) is 1.55. The van der Waals surface area contributed by atoms with Crippen molar-refractivity contribution in [3.63, 3.8) is 0 Å². The van der Waals surface area contributed by atoms with Crippen LogP contribution in [0.1, 0.15) is 13.3 Å². The fraction of sp³-hybridized carbons (Fsp3) is 0.571. The molecule has 1 heterocycles. The number of nitro groups is 1. The predicted molar refractivity (Wildman–Crippen MR) is 48.6 cm³/mol. The summed E-state index contributed by atoms with van der Waals surface area (Å²) in [5.74, 6) is 0.342. The van der Waals surface area contributed by atoms with Crippen LogP contribution in [0.15, 0.2) is 6.20 Å². The van der Waals surface area contributed by atoms with E-state index in [1.807, 2.05) is 6.92 Å².